The molecule has 0 radical (unpaired) electrons. The topological polar surface area (TPSA) is 32.3 Å². The molecule has 4 heteroatoms. The number of alkyl halides is 1. The standard InChI is InChI=1S/C7H11BrN2O/c8-5-3-6-7(11)1-2-9-10(6)4-5/h5-6,9H,1-4H2. The third kappa shape index (κ3) is 1.35. The van der Waals surface area contributed by atoms with Gasteiger partial charge >= 0.3 is 0 Å². The minimum atomic E-state index is 0.146. The third-order valence-corrected chi connectivity index (χ3v) is 2.97. The van der Waals surface area contributed by atoms with Gasteiger partial charge in [0.2, 0.25) is 0 Å². The maximum absolute atomic E-state index is 11.3. The lowest BCUT2D eigenvalue weighted by Gasteiger charge is -2.28. The second-order valence-electron chi connectivity index (χ2n) is 3.13. The van der Waals surface area contributed by atoms with Gasteiger partial charge in [-0.2, -0.15) is 0 Å². The van der Waals surface area contributed by atoms with Gasteiger partial charge in [-0.1, -0.05) is 15.9 Å². The van der Waals surface area contributed by atoms with Crippen molar-refractivity contribution in [3.05, 3.63) is 0 Å². The first-order valence-electron chi connectivity index (χ1n) is 3.94. The minimum absolute atomic E-state index is 0.146. The molecule has 0 saturated carbocycles. The van der Waals surface area contributed by atoms with Crippen molar-refractivity contribution in [3.63, 3.8) is 0 Å². The average Bonchev–Trinajstić information content (AvgIpc) is 2.31. The van der Waals surface area contributed by atoms with Crippen molar-refractivity contribution in [2.24, 2.45) is 0 Å². The molecule has 2 aliphatic rings. The Morgan fingerprint density at radius 2 is 2.45 bits per heavy atom. The van der Waals surface area contributed by atoms with Crippen LogP contribution in [0.1, 0.15) is 12.8 Å². The molecule has 3 nitrogen and oxygen atoms in total. The fraction of sp³-hybridized carbons (Fsp3) is 0.857. The van der Waals surface area contributed by atoms with E-state index < -0.39 is 0 Å². The maximum atomic E-state index is 11.3. The number of nitrogens with zero attached hydrogens (tertiary/aromatic N) is 1. The van der Waals surface area contributed by atoms with Gasteiger partial charge in [-0.05, 0) is 6.42 Å². The molecule has 11 heavy (non-hydrogen) atoms. The number of nitrogens with one attached hydrogen (secondary N) is 1. The highest BCUT2D eigenvalue weighted by Crippen LogP contribution is 2.24. The zero-order valence-corrected chi connectivity index (χ0v) is 7.80. The van der Waals surface area contributed by atoms with Gasteiger partial charge in [0.1, 0.15) is 0 Å². The number of rotatable bonds is 0. The number of hydrogen-bond acceptors (Lipinski definition) is 3. The molecule has 2 atom stereocenters. The van der Waals surface area contributed by atoms with Crippen LogP contribution < -0.4 is 5.43 Å². The molecule has 0 aliphatic carbocycles. The van der Waals surface area contributed by atoms with Crippen LogP contribution in [0, 0.1) is 0 Å². The van der Waals surface area contributed by atoms with E-state index in [1.54, 1.807) is 0 Å². The molecular formula is C7H11BrN2O. The van der Waals surface area contributed by atoms with Crippen LogP contribution in [-0.4, -0.2) is 34.8 Å². The lowest BCUT2D eigenvalue weighted by molar-refractivity contribution is -0.127. The molecular weight excluding hydrogens is 208 g/mol. The first-order valence-corrected chi connectivity index (χ1v) is 4.86. The van der Waals surface area contributed by atoms with Gasteiger partial charge in [0.15, 0.2) is 5.78 Å². The summed E-state index contributed by atoms with van der Waals surface area (Å²) in [6.45, 7) is 1.77. The van der Waals surface area contributed by atoms with Crippen LogP contribution in [0.25, 0.3) is 0 Å². The summed E-state index contributed by atoms with van der Waals surface area (Å²) in [7, 11) is 0. The molecule has 2 aliphatic heterocycles. The van der Waals surface area contributed by atoms with Crippen molar-refractivity contribution in [1.29, 1.82) is 0 Å². The van der Waals surface area contributed by atoms with Crippen LogP contribution in [0.5, 0.6) is 0 Å². The molecule has 0 aromatic heterocycles. The van der Waals surface area contributed by atoms with Crippen LogP contribution in [0.15, 0.2) is 0 Å². The highest BCUT2D eigenvalue weighted by Gasteiger charge is 2.37. The van der Waals surface area contributed by atoms with Gasteiger partial charge in [-0.3, -0.25) is 10.2 Å². The Hall–Kier alpha value is 0.0700. The molecule has 0 spiro atoms. The summed E-state index contributed by atoms with van der Waals surface area (Å²) in [5.74, 6) is 0.394. The number of carbonyl (C=O) groups excluding carboxylic acids is 1. The van der Waals surface area contributed by atoms with E-state index in [4.69, 9.17) is 0 Å². The van der Waals surface area contributed by atoms with Gasteiger partial charge in [0, 0.05) is 24.3 Å². The van der Waals surface area contributed by atoms with Crippen molar-refractivity contribution in [2.75, 3.05) is 13.1 Å². The Morgan fingerprint density at radius 1 is 1.64 bits per heavy atom. The molecule has 62 valence electrons. The Balaban J connectivity index is 2.09. The van der Waals surface area contributed by atoms with E-state index in [2.05, 4.69) is 26.4 Å². The highest BCUT2D eigenvalue weighted by atomic mass is 79.9. The van der Waals surface area contributed by atoms with E-state index in [9.17, 15) is 4.79 Å². The predicted molar refractivity (Wildman–Crippen MR) is 45.5 cm³/mol. The zero-order valence-electron chi connectivity index (χ0n) is 6.22. The lowest BCUT2D eigenvalue weighted by atomic mass is 10.1. The summed E-state index contributed by atoms with van der Waals surface area (Å²) in [5, 5.41) is 2.06. The SMILES string of the molecule is O=C1CCNN2CC(Br)CC12. The molecule has 2 saturated heterocycles. The van der Waals surface area contributed by atoms with Crippen LogP contribution >= 0.6 is 15.9 Å². The number of ketones is 1. The van der Waals surface area contributed by atoms with E-state index in [-0.39, 0.29) is 6.04 Å². The first kappa shape index (κ1) is 7.71. The van der Waals surface area contributed by atoms with Crippen LogP contribution in [0.3, 0.4) is 0 Å². The van der Waals surface area contributed by atoms with Gasteiger partial charge < -0.3 is 0 Å². The monoisotopic (exact) mass is 218 g/mol. The smallest absolute Gasteiger partial charge is 0.152 e. The van der Waals surface area contributed by atoms with Gasteiger partial charge in [0.25, 0.3) is 0 Å². The van der Waals surface area contributed by atoms with Gasteiger partial charge in [0.05, 0.1) is 6.04 Å². The molecule has 0 aromatic carbocycles. The van der Waals surface area contributed by atoms with E-state index in [0.717, 1.165) is 19.5 Å². The van der Waals surface area contributed by atoms with Crippen LogP contribution in [0.4, 0.5) is 0 Å². The van der Waals surface area contributed by atoms with E-state index in [1.807, 2.05) is 0 Å². The number of carbonyl (C=O) groups is 1. The van der Waals surface area contributed by atoms with Crippen molar-refractivity contribution >= 4 is 21.7 Å². The Kier molecular flexibility index (Phi) is 1.99. The van der Waals surface area contributed by atoms with Crippen LogP contribution in [0.2, 0.25) is 0 Å². The predicted octanol–water partition coefficient (Wildman–Crippen LogP) is 0.302. The summed E-state index contributed by atoms with van der Waals surface area (Å²) >= 11 is 3.52. The van der Waals surface area contributed by atoms with Gasteiger partial charge in [-0.25, -0.2) is 5.01 Å². The summed E-state index contributed by atoms with van der Waals surface area (Å²) in [5.41, 5.74) is 3.22. The number of halogens is 1. The molecule has 0 aromatic rings. The second kappa shape index (κ2) is 2.84. The average molecular weight is 219 g/mol. The lowest BCUT2D eigenvalue weighted by Crippen LogP contribution is -2.51. The summed E-state index contributed by atoms with van der Waals surface area (Å²) in [4.78, 5) is 11.8. The van der Waals surface area contributed by atoms with E-state index in [0.29, 0.717) is 17.0 Å². The number of hydrogen-bond donors (Lipinski definition) is 1. The van der Waals surface area contributed by atoms with Crippen molar-refractivity contribution in [3.8, 4) is 0 Å². The minimum Gasteiger partial charge on any atom is -0.298 e. The molecule has 2 heterocycles. The molecule has 2 unspecified atom stereocenters. The van der Waals surface area contributed by atoms with Crippen LogP contribution in [-0.2, 0) is 4.79 Å². The largest absolute Gasteiger partial charge is 0.298 e. The second-order valence-corrected chi connectivity index (χ2v) is 4.42. The van der Waals surface area contributed by atoms with Crippen molar-refractivity contribution in [2.45, 2.75) is 23.7 Å². The normalized spacial score (nSPS) is 39.2. The Labute approximate surface area is 74.2 Å². The van der Waals surface area contributed by atoms with Gasteiger partial charge in [-0.15, -0.1) is 0 Å². The highest BCUT2D eigenvalue weighted by molar-refractivity contribution is 9.09. The third-order valence-electron chi connectivity index (χ3n) is 2.31. The Bertz CT molecular complexity index is 185. The summed E-state index contributed by atoms with van der Waals surface area (Å²) < 4.78 is 0. The molecule has 0 bridgehead atoms. The van der Waals surface area contributed by atoms with Crippen molar-refractivity contribution < 1.29 is 4.79 Å². The summed E-state index contributed by atoms with van der Waals surface area (Å²) in [6.07, 6.45) is 1.66. The fourth-order valence-corrected chi connectivity index (χ4v) is 2.42. The molecule has 2 rings (SSSR count). The zero-order chi connectivity index (χ0) is 7.84. The molecule has 1 N–H and O–H groups in total. The van der Waals surface area contributed by atoms with E-state index >= 15 is 0 Å². The van der Waals surface area contributed by atoms with E-state index in [1.165, 1.54) is 0 Å². The number of Topliss-reactive ketones (excluding diaryl/α,β-unsaturated/α-hetero) is 1. The fourth-order valence-electron chi connectivity index (χ4n) is 1.75. The Morgan fingerprint density at radius 3 is 3.18 bits per heavy atom. The number of fused-ring (bicyclic) bond motifs is 1. The quantitative estimate of drug-likeness (QED) is 0.595. The number of hydrazine groups is 1. The summed E-state index contributed by atoms with van der Waals surface area (Å²) in [6, 6.07) is 0.146. The van der Waals surface area contributed by atoms with Crippen molar-refractivity contribution in [1.82, 2.24) is 10.4 Å². The first-order chi connectivity index (χ1) is 5.27. The maximum Gasteiger partial charge on any atom is 0.152 e. The molecule has 2 fully saturated rings. The molecule has 0 amide bonds.